The Morgan fingerprint density at radius 1 is 1.15 bits per heavy atom. The van der Waals surface area contributed by atoms with Crippen LogP contribution in [0.2, 0.25) is 10.0 Å². The van der Waals surface area contributed by atoms with Crippen molar-refractivity contribution < 1.29 is 26.7 Å². The summed E-state index contributed by atoms with van der Waals surface area (Å²) in [5.74, 6) is -4.88. The zero-order valence-electron chi connectivity index (χ0n) is 9.87. The van der Waals surface area contributed by atoms with Crippen molar-refractivity contribution in [2.24, 2.45) is 0 Å². The van der Waals surface area contributed by atoms with E-state index in [2.05, 4.69) is 15.9 Å². The van der Waals surface area contributed by atoms with Gasteiger partial charge in [0.25, 0.3) is 0 Å². The topological polar surface area (TPSA) is 9.23 Å². The van der Waals surface area contributed by atoms with Crippen molar-refractivity contribution in [1.82, 2.24) is 0 Å². The van der Waals surface area contributed by atoms with E-state index in [-0.39, 0.29) is 22.4 Å². The zero-order valence-corrected chi connectivity index (χ0v) is 13.0. The second-order valence-corrected chi connectivity index (χ2v) is 5.45. The lowest BCUT2D eigenvalue weighted by Crippen LogP contribution is -2.40. The molecule has 0 bridgehead atoms. The van der Waals surface area contributed by atoms with Gasteiger partial charge in [0, 0.05) is 11.1 Å². The highest BCUT2D eigenvalue weighted by atomic mass is 79.9. The van der Waals surface area contributed by atoms with Crippen molar-refractivity contribution in [2.45, 2.75) is 23.8 Å². The van der Waals surface area contributed by atoms with Crippen LogP contribution in [0.5, 0.6) is 5.75 Å². The molecule has 1 aromatic carbocycles. The Balaban J connectivity index is 3.24. The molecular weight excluding hydrogens is 394 g/mol. The maximum absolute atomic E-state index is 13.3. The van der Waals surface area contributed by atoms with Crippen LogP contribution in [0.4, 0.5) is 22.0 Å². The minimum Gasteiger partial charge on any atom is -0.492 e. The maximum Gasteiger partial charge on any atom is 0.454 e. The molecule has 9 heteroatoms. The lowest BCUT2D eigenvalue weighted by molar-refractivity contribution is -0.281. The summed E-state index contributed by atoms with van der Waals surface area (Å²) in [6.07, 6.45) is -5.71. The first kappa shape index (κ1) is 17.8. The van der Waals surface area contributed by atoms with E-state index in [0.29, 0.717) is 0 Å². The van der Waals surface area contributed by atoms with E-state index in [0.717, 1.165) is 12.1 Å². The number of ether oxygens (including phenoxy) is 1. The summed E-state index contributed by atoms with van der Waals surface area (Å²) in [6.45, 7) is 1.90. The van der Waals surface area contributed by atoms with Gasteiger partial charge < -0.3 is 4.74 Å². The predicted octanol–water partition coefficient (Wildman–Crippen LogP) is 6.03. The molecular formula is C11H8BrCl2F5O. The molecule has 1 rings (SSSR count). The first-order valence-corrected chi connectivity index (χ1v) is 6.89. The van der Waals surface area contributed by atoms with E-state index in [1.165, 1.54) is 0 Å². The van der Waals surface area contributed by atoms with E-state index < -0.39 is 22.5 Å². The Bertz CT molecular complexity index is 492. The highest BCUT2D eigenvalue weighted by Crippen LogP contribution is 2.51. The summed E-state index contributed by atoms with van der Waals surface area (Å²) < 4.78 is 68.6. The standard InChI is InChI=1S/C11H8BrCl2F5O/c1-2-20-8-4-6(13)5(3-7(8)14)9(12)10(15,16)11(17,18)19/h3-4,9H,2H2,1H3. The van der Waals surface area contributed by atoms with E-state index in [4.69, 9.17) is 27.9 Å². The molecule has 0 amide bonds. The molecule has 20 heavy (non-hydrogen) atoms. The fourth-order valence-corrected chi connectivity index (χ4v) is 2.60. The quantitative estimate of drug-likeness (QED) is 0.442. The molecule has 0 heterocycles. The average Bonchev–Trinajstić information content (AvgIpc) is 2.31. The monoisotopic (exact) mass is 400 g/mol. The molecule has 0 aliphatic carbocycles. The molecule has 1 nitrogen and oxygen atoms in total. The number of hydrogen-bond donors (Lipinski definition) is 0. The number of benzene rings is 1. The number of hydrogen-bond acceptors (Lipinski definition) is 1. The number of rotatable bonds is 4. The fraction of sp³-hybridized carbons (Fsp3) is 0.455. The zero-order chi connectivity index (χ0) is 15.7. The van der Waals surface area contributed by atoms with Crippen LogP contribution >= 0.6 is 39.1 Å². The highest BCUT2D eigenvalue weighted by molar-refractivity contribution is 9.09. The molecule has 1 atom stereocenters. The molecule has 0 fully saturated rings. The molecule has 0 saturated carbocycles. The van der Waals surface area contributed by atoms with Gasteiger partial charge in [-0.3, -0.25) is 0 Å². The Morgan fingerprint density at radius 2 is 1.70 bits per heavy atom. The molecule has 0 aromatic heterocycles. The lowest BCUT2D eigenvalue weighted by atomic mass is 10.1. The first-order valence-electron chi connectivity index (χ1n) is 5.22. The molecule has 0 radical (unpaired) electrons. The SMILES string of the molecule is CCOc1cc(Cl)c(C(Br)C(F)(F)C(F)(F)F)cc1Cl. The minimum atomic E-state index is -5.71. The van der Waals surface area contributed by atoms with Crippen LogP contribution in [0.1, 0.15) is 17.3 Å². The van der Waals surface area contributed by atoms with E-state index in [1.807, 2.05) is 0 Å². The number of alkyl halides is 6. The predicted molar refractivity (Wildman–Crippen MR) is 70.3 cm³/mol. The Labute approximate surface area is 130 Å². The van der Waals surface area contributed by atoms with Crippen LogP contribution in [0.15, 0.2) is 12.1 Å². The van der Waals surface area contributed by atoms with Crippen molar-refractivity contribution in [1.29, 1.82) is 0 Å². The summed E-state index contributed by atoms with van der Waals surface area (Å²) in [5.41, 5.74) is -0.470. The third-order valence-corrected chi connectivity index (χ3v) is 4.01. The van der Waals surface area contributed by atoms with Crippen LogP contribution in [0.3, 0.4) is 0 Å². The van der Waals surface area contributed by atoms with Crippen LogP contribution in [-0.2, 0) is 0 Å². The third kappa shape index (κ3) is 3.49. The van der Waals surface area contributed by atoms with Gasteiger partial charge in [-0.15, -0.1) is 0 Å². The summed E-state index contributed by atoms with van der Waals surface area (Å²) in [5, 5.41) is -0.405. The smallest absolute Gasteiger partial charge is 0.454 e. The van der Waals surface area contributed by atoms with Crippen LogP contribution < -0.4 is 4.74 Å². The molecule has 1 aromatic rings. The summed E-state index contributed by atoms with van der Waals surface area (Å²) in [4.78, 5) is -2.35. The molecule has 0 saturated heterocycles. The van der Waals surface area contributed by atoms with Gasteiger partial charge in [-0.05, 0) is 18.6 Å². The molecule has 114 valence electrons. The van der Waals surface area contributed by atoms with Gasteiger partial charge >= 0.3 is 12.1 Å². The van der Waals surface area contributed by atoms with Gasteiger partial charge in [0.15, 0.2) is 0 Å². The van der Waals surface area contributed by atoms with E-state index >= 15 is 0 Å². The van der Waals surface area contributed by atoms with Crippen LogP contribution in [-0.4, -0.2) is 18.7 Å². The normalized spacial score (nSPS) is 14.2. The molecule has 0 N–H and O–H groups in total. The largest absolute Gasteiger partial charge is 0.492 e. The van der Waals surface area contributed by atoms with E-state index in [1.54, 1.807) is 6.92 Å². The lowest BCUT2D eigenvalue weighted by Gasteiger charge is -2.25. The van der Waals surface area contributed by atoms with Crippen molar-refractivity contribution in [3.05, 3.63) is 27.7 Å². The van der Waals surface area contributed by atoms with Crippen molar-refractivity contribution in [3.63, 3.8) is 0 Å². The van der Waals surface area contributed by atoms with Crippen LogP contribution in [0, 0.1) is 0 Å². The third-order valence-electron chi connectivity index (χ3n) is 2.32. The van der Waals surface area contributed by atoms with Gasteiger partial charge in [-0.2, -0.15) is 22.0 Å². The Kier molecular flexibility index (Phi) is 5.54. The second-order valence-electron chi connectivity index (χ2n) is 3.72. The molecule has 1 unspecified atom stereocenters. The van der Waals surface area contributed by atoms with Crippen molar-refractivity contribution >= 4 is 39.1 Å². The molecule has 0 aliphatic heterocycles. The molecule has 0 spiro atoms. The minimum absolute atomic E-state index is 0.103. The number of halogens is 8. The van der Waals surface area contributed by atoms with Gasteiger partial charge in [-0.1, -0.05) is 39.1 Å². The van der Waals surface area contributed by atoms with Gasteiger partial charge in [0.1, 0.15) is 10.6 Å². The summed E-state index contributed by atoms with van der Waals surface area (Å²) >= 11 is 13.8. The molecule has 0 aliphatic rings. The summed E-state index contributed by atoms with van der Waals surface area (Å²) in [6, 6.07) is 2.03. The van der Waals surface area contributed by atoms with Crippen molar-refractivity contribution in [2.75, 3.05) is 6.61 Å². The van der Waals surface area contributed by atoms with Crippen molar-refractivity contribution in [3.8, 4) is 5.75 Å². The highest BCUT2D eigenvalue weighted by Gasteiger charge is 2.62. The van der Waals surface area contributed by atoms with Gasteiger partial charge in [-0.25, -0.2) is 0 Å². The van der Waals surface area contributed by atoms with Crippen LogP contribution in [0.25, 0.3) is 0 Å². The Morgan fingerprint density at radius 3 is 2.15 bits per heavy atom. The van der Waals surface area contributed by atoms with Gasteiger partial charge in [0.05, 0.1) is 11.6 Å². The Hall–Kier alpha value is -0.270. The van der Waals surface area contributed by atoms with Gasteiger partial charge in [0.2, 0.25) is 0 Å². The second kappa shape index (κ2) is 6.23. The van der Waals surface area contributed by atoms with E-state index in [9.17, 15) is 22.0 Å². The maximum atomic E-state index is 13.3. The fourth-order valence-electron chi connectivity index (χ4n) is 1.34. The first-order chi connectivity index (χ1) is 9.02. The summed E-state index contributed by atoms with van der Waals surface area (Å²) in [7, 11) is 0. The average molecular weight is 402 g/mol.